The minimum absolute atomic E-state index is 0.0307. The van der Waals surface area contributed by atoms with Crippen molar-refractivity contribution in [2.24, 2.45) is 0 Å². The van der Waals surface area contributed by atoms with E-state index < -0.39 is 23.2 Å². The molecule has 0 aliphatic carbocycles. The molecule has 1 fully saturated rings. The Balaban J connectivity index is 0.000000188. The summed E-state index contributed by atoms with van der Waals surface area (Å²) in [7, 11) is 1.66. The van der Waals surface area contributed by atoms with Gasteiger partial charge in [-0.3, -0.25) is 14.4 Å². The molecule has 0 unspecified atom stereocenters. The third-order valence-electron chi connectivity index (χ3n) is 9.01. The van der Waals surface area contributed by atoms with E-state index >= 15 is 0 Å². The lowest BCUT2D eigenvalue weighted by Crippen LogP contribution is -2.41. The fraction of sp³-hybridized carbons (Fsp3) is 0.211. The first kappa shape index (κ1) is 37.3. The second-order valence-electron chi connectivity index (χ2n) is 12.3. The number of carboxylic acids is 1. The lowest BCUT2D eigenvalue weighted by Gasteiger charge is -2.31. The number of hydrogen-bond donors (Lipinski definition) is 3. The van der Waals surface area contributed by atoms with Crippen molar-refractivity contribution in [2.45, 2.75) is 31.8 Å². The van der Waals surface area contributed by atoms with Gasteiger partial charge in [0.05, 0.1) is 49.4 Å². The molecule has 4 aromatic carbocycles. The molecule has 11 nitrogen and oxygen atoms in total. The number of nitrogens with one attached hydrogen (secondary N) is 2. The highest BCUT2D eigenvalue weighted by Crippen LogP contribution is 2.27. The van der Waals surface area contributed by atoms with Crippen molar-refractivity contribution in [1.82, 2.24) is 25.3 Å². The average molecular weight is 763 g/mol. The maximum absolute atomic E-state index is 14.5. The minimum atomic E-state index is -1.35. The normalized spacial score (nSPS) is 13.2. The van der Waals surface area contributed by atoms with Crippen LogP contribution in [0, 0.1) is 11.6 Å². The number of amides is 1. The van der Waals surface area contributed by atoms with E-state index in [9.17, 15) is 28.0 Å². The van der Waals surface area contributed by atoms with E-state index in [0.717, 1.165) is 18.9 Å². The van der Waals surface area contributed by atoms with Crippen molar-refractivity contribution in [3.63, 3.8) is 0 Å². The number of aromatic nitrogens is 4. The van der Waals surface area contributed by atoms with Crippen LogP contribution in [-0.2, 0) is 17.6 Å². The van der Waals surface area contributed by atoms with Gasteiger partial charge in [0.1, 0.15) is 11.6 Å². The Morgan fingerprint density at radius 2 is 1.26 bits per heavy atom. The van der Waals surface area contributed by atoms with E-state index in [2.05, 4.69) is 20.4 Å². The number of aromatic amines is 2. The van der Waals surface area contributed by atoms with Crippen LogP contribution in [0.2, 0.25) is 10.0 Å². The van der Waals surface area contributed by atoms with Crippen LogP contribution in [0.25, 0.3) is 21.5 Å². The van der Waals surface area contributed by atoms with Crippen LogP contribution in [0.3, 0.4) is 0 Å². The van der Waals surface area contributed by atoms with Crippen molar-refractivity contribution in [1.29, 1.82) is 0 Å². The Morgan fingerprint density at radius 1 is 0.792 bits per heavy atom. The third kappa shape index (κ3) is 8.12. The molecular formula is C38H31Cl2F2N5O6. The van der Waals surface area contributed by atoms with Gasteiger partial charge >= 0.3 is 5.97 Å². The summed E-state index contributed by atoms with van der Waals surface area (Å²) in [6.07, 6.45) is 2.10. The molecule has 0 bridgehead atoms. The lowest BCUT2D eigenvalue weighted by molar-refractivity contribution is 0.0348. The standard InChI is InChI=1S/C22H21ClFN3O3.C16H10ClFN2O3/c1-30-14-7-9-27(10-8-14)22(29)16-11-13(5-6-18(16)24)12-19-20-15(21(28)26-25-19)3-2-4-17(20)23;17-11-3-1-2-9-14(11)13(19-20-15(9)21)7-8-4-5-12(18)10(6-8)16(22)23/h2-6,11,14H,7-10,12H2,1H3,(H,26,28);1-6H,7H2,(H,20,21)(H,22,23). The number of methoxy groups -OCH3 is 1. The van der Waals surface area contributed by atoms with Crippen LogP contribution in [0.15, 0.2) is 82.4 Å². The fourth-order valence-electron chi connectivity index (χ4n) is 6.28. The van der Waals surface area contributed by atoms with Crippen molar-refractivity contribution in [3.05, 3.63) is 149 Å². The summed E-state index contributed by atoms with van der Waals surface area (Å²) in [4.78, 5) is 49.4. The van der Waals surface area contributed by atoms with E-state index in [-0.39, 0.29) is 35.1 Å². The summed E-state index contributed by atoms with van der Waals surface area (Å²) in [6, 6.07) is 18.2. The van der Waals surface area contributed by atoms with Crippen LogP contribution >= 0.6 is 23.2 Å². The molecule has 1 aliphatic rings. The van der Waals surface area contributed by atoms with Gasteiger partial charge in [-0.2, -0.15) is 10.2 Å². The van der Waals surface area contributed by atoms with E-state index in [4.69, 9.17) is 33.0 Å². The maximum Gasteiger partial charge on any atom is 0.338 e. The summed E-state index contributed by atoms with van der Waals surface area (Å²) < 4.78 is 33.3. The van der Waals surface area contributed by atoms with Gasteiger partial charge in [0.2, 0.25) is 0 Å². The quantitative estimate of drug-likeness (QED) is 0.165. The SMILES string of the molecule is COC1CCN(C(=O)c2cc(Cc3n[nH]c(=O)c4cccc(Cl)c34)ccc2F)CC1.O=C(O)c1cc(Cc2n[nH]c(=O)c3cccc(Cl)c23)ccc1F. The van der Waals surface area contributed by atoms with E-state index in [1.54, 1.807) is 60.5 Å². The number of nitrogens with zero attached hydrogens (tertiary/aromatic N) is 3. The number of benzene rings is 4. The number of rotatable bonds is 7. The molecule has 1 amide bonds. The first-order valence-electron chi connectivity index (χ1n) is 16.4. The van der Waals surface area contributed by atoms with Gasteiger partial charge in [-0.15, -0.1) is 0 Å². The number of fused-ring (bicyclic) bond motifs is 2. The van der Waals surface area contributed by atoms with Gasteiger partial charge < -0.3 is 14.7 Å². The molecular weight excluding hydrogens is 731 g/mol. The molecule has 0 saturated carbocycles. The molecule has 1 saturated heterocycles. The van der Waals surface area contributed by atoms with Gasteiger partial charge in [-0.1, -0.05) is 47.5 Å². The van der Waals surface area contributed by atoms with E-state index in [1.807, 2.05) is 0 Å². The summed E-state index contributed by atoms with van der Waals surface area (Å²) in [6.45, 7) is 1.06. The summed E-state index contributed by atoms with van der Waals surface area (Å²) >= 11 is 12.5. The third-order valence-corrected chi connectivity index (χ3v) is 9.64. The smallest absolute Gasteiger partial charge is 0.338 e. The number of hydrogen-bond acceptors (Lipinski definition) is 7. The van der Waals surface area contributed by atoms with Gasteiger partial charge in [-0.25, -0.2) is 23.8 Å². The van der Waals surface area contributed by atoms with Gasteiger partial charge in [0, 0.05) is 43.8 Å². The Morgan fingerprint density at radius 3 is 1.74 bits per heavy atom. The van der Waals surface area contributed by atoms with Crippen molar-refractivity contribution < 1.29 is 28.2 Å². The minimum Gasteiger partial charge on any atom is -0.478 e. The summed E-state index contributed by atoms with van der Waals surface area (Å²) in [5, 5.41) is 24.7. The van der Waals surface area contributed by atoms with Gasteiger partial charge in [0.25, 0.3) is 17.0 Å². The number of halogens is 4. The van der Waals surface area contributed by atoms with Crippen LogP contribution in [0.5, 0.6) is 0 Å². The zero-order valence-electron chi connectivity index (χ0n) is 28.1. The number of carbonyl (C=O) groups excluding carboxylic acids is 1. The zero-order valence-corrected chi connectivity index (χ0v) is 29.6. The number of aromatic carboxylic acids is 1. The zero-order chi connectivity index (χ0) is 37.8. The molecule has 0 spiro atoms. The van der Waals surface area contributed by atoms with Crippen LogP contribution in [-0.4, -0.2) is 68.6 Å². The largest absolute Gasteiger partial charge is 0.478 e. The Labute approximate surface area is 310 Å². The van der Waals surface area contributed by atoms with E-state index in [1.165, 1.54) is 18.2 Å². The molecule has 53 heavy (non-hydrogen) atoms. The second-order valence-corrected chi connectivity index (χ2v) is 13.2. The predicted octanol–water partition coefficient (Wildman–Crippen LogP) is 6.56. The van der Waals surface area contributed by atoms with E-state index in [0.29, 0.717) is 73.6 Å². The molecule has 3 heterocycles. The van der Waals surface area contributed by atoms with Crippen molar-refractivity contribution in [3.8, 4) is 0 Å². The molecule has 1 aliphatic heterocycles. The second kappa shape index (κ2) is 16.0. The Kier molecular flexibility index (Phi) is 11.3. The summed E-state index contributed by atoms with van der Waals surface area (Å²) in [5.41, 5.74) is 1.21. The number of carboxylic acid groups (broad SMARTS) is 1. The Hall–Kier alpha value is -5.50. The highest BCUT2D eigenvalue weighted by atomic mass is 35.5. The van der Waals surface area contributed by atoms with Gasteiger partial charge in [-0.05, 0) is 72.5 Å². The summed E-state index contributed by atoms with van der Waals surface area (Å²) in [5.74, 6) is -3.05. The predicted molar refractivity (Wildman–Crippen MR) is 196 cm³/mol. The number of carbonyl (C=O) groups is 2. The fourth-order valence-corrected chi connectivity index (χ4v) is 6.85. The first-order chi connectivity index (χ1) is 25.4. The highest BCUT2D eigenvalue weighted by molar-refractivity contribution is 6.36. The van der Waals surface area contributed by atoms with Gasteiger partial charge in [0.15, 0.2) is 0 Å². The number of H-pyrrole nitrogens is 2. The maximum atomic E-state index is 14.5. The number of ether oxygens (including phenoxy) is 1. The average Bonchev–Trinajstić information content (AvgIpc) is 3.15. The lowest BCUT2D eigenvalue weighted by atomic mass is 10.0. The highest BCUT2D eigenvalue weighted by Gasteiger charge is 2.26. The number of likely N-dealkylation sites (tertiary alicyclic amines) is 1. The molecule has 6 aromatic rings. The number of piperidine rings is 1. The van der Waals surface area contributed by atoms with Crippen LogP contribution < -0.4 is 11.1 Å². The van der Waals surface area contributed by atoms with Crippen molar-refractivity contribution >= 4 is 56.6 Å². The van der Waals surface area contributed by atoms with Crippen LogP contribution in [0.4, 0.5) is 8.78 Å². The molecule has 0 atom stereocenters. The molecule has 7 rings (SSSR count). The molecule has 15 heteroatoms. The monoisotopic (exact) mass is 761 g/mol. The van der Waals surface area contributed by atoms with Crippen molar-refractivity contribution in [2.75, 3.05) is 20.2 Å². The first-order valence-corrected chi connectivity index (χ1v) is 17.1. The Bertz CT molecular complexity index is 2480. The molecule has 2 aromatic heterocycles. The topological polar surface area (TPSA) is 158 Å². The molecule has 272 valence electrons. The molecule has 0 radical (unpaired) electrons. The van der Waals surface area contributed by atoms with Crippen LogP contribution in [0.1, 0.15) is 56.1 Å². The molecule has 3 N–H and O–H groups in total.